The summed E-state index contributed by atoms with van der Waals surface area (Å²) >= 11 is 1.15. The van der Waals surface area contributed by atoms with E-state index in [1.165, 1.54) is 0 Å². The number of rotatable bonds is 7. The van der Waals surface area contributed by atoms with Gasteiger partial charge in [-0.2, -0.15) is 0 Å². The van der Waals surface area contributed by atoms with E-state index < -0.39 is 9.84 Å². The summed E-state index contributed by atoms with van der Waals surface area (Å²) in [7, 11) is -3.04. The molecule has 0 saturated carbocycles. The van der Waals surface area contributed by atoms with Gasteiger partial charge in [-0.3, -0.25) is 4.79 Å². The molecule has 0 N–H and O–H groups in total. The van der Waals surface area contributed by atoms with Crippen molar-refractivity contribution in [2.45, 2.75) is 38.0 Å². The molecule has 3 heterocycles. The van der Waals surface area contributed by atoms with Gasteiger partial charge in [-0.05, 0) is 25.8 Å². The fourth-order valence-corrected chi connectivity index (χ4v) is 5.34. The average Bonchev–Trinajstić information content (AvgIpc) is 3.30. The van der Waals surface area contributed by atoms with Crippen LogP contribution >= 0.6 is 11.8 Å². The van der Waals surface area contributed by atoms with Gasteiger partial charge in [-0.15, -0.1) is 10.2 Å². The maximum Gasteiger partial charge on any atom is 0.277 e. The topological polar surface area (TPSA) is 107 Å². The van der Waals surface area contributed by atoms with Gasteiger partial charge in [-0.25, -0.2) is 8.42 Å². The first-order valence-electron chi connectivity index (χ1n) is 8.40. The summed E-state index contributed by atoms with van der Waals surface area (Å²) in [5, 5.41) is 8.22. The molecule has 1 aliphatic heterocycles. The Labute approximate surface area is 156 Å². The number of carbonyl (C=O) groups excluding carboxylic acids is 1. The molecule has 8 nitrogen and oxygen atoms in total. The Morgan fingerprint density at radius 1 is 1.42 bits per heavy atom. The van der Waals surface area contributed by atoms with E-state index in [4.69, 9.17) is 8.83 Å². The summed E-state index contributed by atoms with van der Waals surface area (Å²) in [6.45, 7) is 4.31. The van der Waals surface area contributed by atoms with Crippen LogP contribution in [0.25, 0.3) is 11.5 Å². The fourth-order valence-electron chi connectivity index (χ4n) is 2.96. The third kappa shape index (κ3) is 4.29. The highest BCUT2D eigenvalue weighted by atomic mass is 32.2. The van der Waals surface area contributed by atoms with Crippen LogP contribution in [0.5, 0.6) is 0 Å². The molecular weight excluding hydrogens is 378 g/mol. The highest BCUT2D eigenvalue weighted by Crippen LogP contribution is 2.27. The molecule has 0 aromatic carbocycles. The Hall–Kier alpha value is -1.81. The molecule has 0 bridgehead atoms. The molecule has 10 heteroatoms. The minimum Gasteiger partial charge on any atom is -0.469 e. The van der Waals surface area contributed by atoms with Crippen molar-refractivity contribution >= 4 is 27.5 Å². The van der Waals surface area contributed by atoms with Crippen molar-refractivity contribution in [3.8, 4) is 11.5 Å². The van der Waals surface area contributed by atoms with Gasteiger partial charge in [0, 0.05) is 12.6 Å². The van der Waals surface area contributed by atoms with Crippen LogP contribution in [0.1, 0.15) is 25.5 Å². The van der Waals surface area contributed by atoms with Crippen molar-refractivity contribution < 1.29 is 22.0 Å². The lowest BCUT2D eigenvalue weighted by atomic mass is 10.2. The average molecular weight is 399 g/mol. The largest absolute Gasteiger partial charge is 0.469 e. The molecule has 0 spiro atoms. The molecular formula is C16H21N3O5S2. The lowest BCUT2D eigenvalue weighted by Gasteiger charge is -2.27. The van der Waals surface area contributed by atoms with Gasteiger partial charge in [0.25, 0.3) is 11.1 Å². The van der Waals surface area contributed by atoms with Crippen LogP contribution in [-0.2, 0) is 14.6 Å². The summed E-state index contributed by atoms with van der Waals surface area (Å²) in [6.07, 6.45) is 2.82. The highest BCUT2D eigenvalue weighted by Gasteiger charge is 2.34. The molecule has 0 unspecified atom stereocenters. The van der Waals surface area contributed by atoms with Crippen molar-refractivity contribution in [3.05, 3.63) is 18.1 Å². The van der Waals surface area contributed by atoms with E-state index in [0.717, 1.165) is 23.7 Å². The maximum atomic E-state index is 12.6. The highest BCUT2D eigenvalue weighted by molar-refractivity contribution is 7.99. The Morgan fingerprint density at radius 3 is 2.85 bits per heavy atom. The smallest absolute Gasteiger partial charge is 0.277 e. The monoisotopic (exact) mass is 399 g/mol. The van der Waals surface area contributed by atoms with Crippen LogP contribution in [0.3, 0.4) is 0 Å². The molecule has 26 heavy (non-hydrogen) atoms. The number of hydrogen-bond donors (Lipinski definition) is 0. The molecule has 2 aromatic heterocycles. The minimum atomic E-state index is -3.04. The Balaban J connectivity index is 1.62. The minimum absolute atomic E-state index is 0.0495. The van der Waals surface area contributed by atoms with Gasteiger partial charge in [-0.1, -0.05) is 18.7 Å². The van der Waals surface area contributed by atoms with Crippen molar-refractivity contribution in [3.63, 3.8) is 0 Å². The van der Waals surface area contributed by atoms with E-state index in [2.05, 4.69) is 10.2 Å². The molecule has 1 aliphatic rings. The van der Waals surface area contributed by atoms with Gasteiger partial charge in [0.05, 0.1) is 29.1 Å². The first kappa shape index (κ1) is 19.0. The van der Waals surface area contributed by atoms with Crippen LogP contribution in [0, 0.1) is 6.92 Å². The third-order valence-corrected chi connectivity index (χ3v) is 6.80. The van der Waals surface area contributed by atoms with Crippen LogP contribution < -0.4 is 0 Å². The van der Waals surface area contributed by atoms with Gasteiger partial charge < -0.3 is 13.7 Å². The quantitative estimate of drug-likeness (QED) is 0.652. The summed E-state index contributed by atoms with van der Waals surface area (Å²) in [5.74, 6) is 1.24. The number of amides is 1. The molecule has 1 saturated heterocycles. The van der Waals surface area contributed by atoms with E-state index in [1.54, 1.807) is 24.2 Å². The number of aromatic nitrogens is 2. The van der Waals surface area contributed by atoms with Crippen LogP contribution in [0.2, 0.25) is 0 Å². The number of hydrogen-bond acceptors (Lipinski definition) is 8. The summed E-state index contributed by atoms with van der Waals surface area (Å²) in [6, 6.07) is 1.51. The first-order valence-corrected chi connectivity index (χ1v) is 11.2. The standard InChI is InChI=1S/C16H21N3O5S2/c1-3-6-19(12-5-8-26(21,22)10-12)14(20)9-25-16-18-17-15(24-16)13-4-7-23-11(13)2/h4,7,12H,3,5-6,8-10H2,1-2H3/t12-/m1/s1. The van der Waals surface area contributed by atoms with Crippen LogP contribution in [0.15, 0.2) is 26.4 Å². The Bertz CT molecular complexity index is 874. The normalized spacial score (nSPS) is 18.9. The number of aryl methyl sites for hydroxylation is 1. The summed E-state index contributed by atoms with van der Waals surface area (Å²) in [5.41, 5.74) is 0.722. The summed E-state index contributed by atoms with van der Waals surface area (Å²) in [4.78, 5) is 14.3. The first-order chi connectivity index (χ1) is 12.4. The van der Waals surface area contributed by atoms with Crippen molar-refractivity contribution in [2.24, 2.45) is 0 Å². The molecule has 1 amide bonds. The van der Waals surface area contributed by atoms with E-state index in [1.807, 2.05) is 6.92 Å². The fraction of sp³-hybridized carbons (Fsp3) is 0.562. The van der Waals surface area contributed by atoms with Gasteiger partial charge in [0.2, 0.25) is 5.91 Å². The molecule has 142 valence electrons. The van der Waals surface area contributed by atoms with E-state index in [-0.39, 0.29) is 29.2 Å². The van der Waals surface area contributed by atoms with Crippen LogP contribution in [-0.4, -0.2) is 59.3 Å². The molecule has 0 aliphatic carbocycles. The van der Waals surface area contributed by atoms with E-state index in [9.17, 15) is 13.2 Å². The Morgan fingerprint density at radius 2 is 2.23 bits per heavy atom. The molecule has 3 rings (SSSR count). The third-order valence-electron chi connectivity index (χ3n) is 4.25. The lowest BCUT2D eigenvalue weighted by molar-refractivity contribution is -0.130. The predicted molar refractivity (Wildman–Crippen MR) is 96.5 cm³/mol. The van der Waals surface area contributed by atoms with Crippen LogP contribution in [0.4, 0.5) is 0 Å². The van der Waals surface area contributed by atoms with Crippen molar-refractivity contribution in [1.82, 2.24) is 15.1 Å². The molecule has 1 atom stereocenters. The second kappa shape index (κ2) is 7.83. The lowest BCUT2D eigenvalue weighted by Crippen LogP contribution is -2.42. The molecule has 0 radical (unpaired) electrons. The number of furan rings is 1. The number of carbonyl (C=O) groups is 1. The zero-order chi connectivity index (χ0) is 18.7. The SMILES string of the molecule is CCCN(C(=O)CSc1nnc(-c2ccoc2C)o1)[C@@H]1CCS(=O)(=O)C1. The molecule has 2 aromatic rings. The second-order valence-electron chi connectivity index (χ2n) is 6.20. The zero-order valence-corrected chi connectivity index (χ0v) is 16.3. The van der Waals surface area contributed by atoms with E-state index >= 15 is 0 Å². The number of nitrogens with zero attached hydrogens (tertiary/aromatic N) is 3. The number of sulfone groups is 1. The summed E-state index contributed by atoms with van der Waals surface area (Å²) < 4.78 is 34.2. The second-order valence-corrected chi connectivity index (χ2v) is 9.35. The Kier molecular flexibility index (Phi) is 5.71. The van der Waals surface area contributed by atoms with Gasteiger partial charge in [0.15, 0.2) is 9.84 Å². The maximum absolute atomic E-state index is 12.6. The van der Waals surface area contributed by atoms with Gasteiger partial charge in [0.1, 0.15) is 5.76 Å². The van der Waals surface area contributed by atoms with Crippen molar-refractivity contribution in [1.29, 1.82) is 0 Å². The zero-order valence-electron chi connectivity index (χ0n) is 14.7. The van der Waals surface area contributed by atoms with Gasteiger partial charge >= 0.3 is 0 Å². The predicted octanol–water partition coefficient (Wildman–Crippen LogP) is 2.16. The number of thioether (sulfide) groups is 1. The van der Waals surface area contributed by atoms with E-state index in [0.29, 0.717) is 29.8 Å². The van der Waals surface area contributed by atoms with Crippen molar-refractivity contribution in [2.75, 3.05) is 23.8 Å². The molecule has 1 fully saturated rings.